The Kier molecular flexibility index (Phi) is 16.8. The predicted molar refractivity (Wildman–Crippen MR) is 107 cm³/mol. The van der Waals surface area contributed by atoms with Crippen molar-refractivity contribution >= 4 is 40.0 Å². The molecule has 0 fully saturated rings. The van der Waals surface area contributed by atoms with Gasteiger partial charge in [-0.05, 0) is 33.1 Å². The third-order valence-electron chi connectivity index (χ3n) is 3.22. The molecule has 0 aromatic heterocycles. The van der Waals surface area contributed by atoms with E-state index in [2.05, 4.69) is 15.6 Å². The van der Waals surface area contributed by atoms with Gasteiger partial charge in [0, 0.05) is 46.9 Å². The molecule has 0 saturated heterocycles. The van der Waals surface area contributed by atoms with Crippen LogP contribution in [0.2, 0.25) is 0 Å². The summed E-state index contributed by atoms with van der Waals surface area (Å²) in [7, 11) is 0.259. The summed E-state index contributed by atoms with van der Waals surface area (Å²) in [4.78, 5) is 4.13. The number of unbranched alkanes of at least 4 members (excludes halogenated alkanes) is 1. The molecule has 0 heterocycles. The van der Waals surface area contributed by atoms with Crippen LogP contribution in [-0.4, -0.2) is 71.4 Å². The maximum absolute atomic E-state index is 11.6. The molecule has 0 spiro atoms. The van der Waals surface area contributed by atoms with Gasteiger partial charge in [-0.15, -0.1) is 24.0 Å². The Morgan fingerprint density at radius 1 is 1.13 bits per heavy atom. The molecule has 9 heteroatoms. The summed E-state index contributed by atoms with van der Waals surface area (Å²) in [6.45, 7) is 7.24. The number of hydrogen-bond donors (Lipinski definition) is 2. The molecule has 0 rings (SSSR count). The number of nitrogens with zero attached hydrogens (tertiary/aromatic N) is 2. The molecule has 7 nitrogen and oxygen atoms in total. The highest BCUT2D eigenvalue weighted by atomic mass is 127. The summed E-state index contributed by atoms with van der Waals surface area (Å²) < 4.78 is 29.9. The van der Waals surface area contributed by atoms with Gasteiger partial charge in [0.2, 0.25) is 10.0 Å². The quantitative estimate of drug-likeness (QED) is 0.197. The minimum Gasteiger partial charge on any atom is -0.382 e. The van der Waals surface area contributed by atoms with Crippen molar-refractivity contribution in [1.82, 2.24) is 14.9 Å². The van der Waals surface area contributed by atoms with Crippen LogP contribution < -0.4 is 10.6 Å². The van der Waals surface area contributed by atoms with Crippen molar-refractivity contribution in [3.8, 4) is 0 Å². The smallest absolute Gasteiger partial charge is 0.213 e. The Hall–Kier alpha value is -0.130. The number of aliphatic imine (C=N–C) groups is 1. The summed E-state index contributed by atoms with van der Waals surface area (Å²) >= 11 is 0. The molecule has 0 aliphatic rings. The lowest BCUT2D eigenvalue weighted by molar-refractivity contribution is 0.143. The van der Waals surface area contributed by atoms with E-state index >= 15 is 0 Å². The fourth-order valence-corrected chi connectivity index (χ4v) is 2.62. The van der Waals surface area contributed by atoms with Crippen LogP contribution in [0.5, 0.6) is 0 Å². The van der Waals surface area contributed by atoms with Gasteiger partial charge in [-0.1, -0.05) is 0 Å². The highest BCUT2D eigenvalue weighted by molar-refractivity contribution is 14.0. The van der Waals surface area contributed by atoms with Crippen LogP contribution in [0.15, 0.2) is 4.99 Å². The van der Waals surface area contributed by atoms with Crippen LogP contribution in [0.1, 0.15) is 33.1 Å². The number of hydrogen-bond acceptors (Lipinski definition) is 4. The van der Waals surface area contributed by atoms with E-state index in [-0.39, 0.29) is 29.7 Å². The van der Waals surface area contributed by atoms with Crippen LogP contribution in [0.3, 0.4) is 0 Å². The Balaban J connectivity index is 0. The molecule has 23 heavy (non-hydrogen) atoms. The molecule has 2 N–H and O–H groups in total. The molecule has 0 unspecified atom stereocenters. The number of halogens is 1. The molecular weight excluding hydrogens is 431 g/mol. The van der Waals surface area contributed by atoms with Gasteiger partial charge in [0.05, 0.1) is 5.75 Å². The van der Waals surface area contributed by atoms with Crippen LogP contribution in [0.4, 0.5) is 0 Å². The predicted octanol–water partition coefficient (Wildman–Crippen LogP) is 1.26. The molecule has 0 bridgehead atoms. The van der Waals surface area contributed by atoms with E-state index < -0.39 is 10.0 Å². The molecule has 0 aliphatic heterocycles. The summed E-state index contributed by atoms with van der Waals surface area (Å²) in [5.41, 5.74) is 0. The largest absolute Gasteiger partial charge is 0.382 e. The second-order valence-corrected chi connectivity index (χ2v) is 7.27. The second kappa shape index (κ2) is 15.4. The number of guanidine groups is 1. The van der Waals surface area contributed by atoms with Gasteiger partial charge in [0.1, 0.15) is 0 Å². The first-order chi connectivity index (χ1) is 10.5. The molecule has 0 radical (unpaired) electrons. The van der Waals surface area contributed by atoms with E-state index in [1.807, 2.05) is 6.92 Å². The third kappa shape index (κ3) is 12.9. The lowest BCUT2D eigenvalue weighted by Crippen LogP contribution is -2.39. The summed E-state index contributed by atoms with van der Waals surface area (Å²) in [6.07, 6.45) is 2.79. The van der Waals surface area contributed by atoms with Gasteiger partial charge in [0.15, 0.2) is 5.96 Å². The van der Waals surface area contributed by atoms with Crippen molar-refractivity contribution in [1.29, 1.82) is 0 Å². The standard InChI is InChI=1S/C14H32N4O3S.HI/c1-5-21-13-8-7-10-16-14(15-3)17-11-9-12-18(4)22(19,20)6-2;/h5-13H2,1-4H3,(H2,15,16,17);1H. The molecule has 0 aromatic carbocycles. The second-order valence-electron chi connectivity index (χ2n) is 4.91. The number of ether oxygens (including phenoxy) is 1. The third-order valence-corrected chi connectivity index (χ3v) is 5.08. The van der Waals surface area contributed by atoms with Gasteiger partial charge >= 0.3 is 0 Å². The highest BCUT2D eigenvalue weighted by Crippen LogP contribution is 1.98. The van der Waals surface area contributed by atoms with E-state index in [1.54, 1.807) is 21.0 Å². The lowest BCUT2D eigenvalue weighted by Gasteiger charge is -2.16. The first kappa shape index (κ1) is 25.1. The van der Waals surface area contributed by atoms with Crippen LogP contribution in [0, 0.1) is 0 Å². The maximum Gasteiger partial charge on any atom is 0.213 e. The minimum absolute atomic E-state index is 0. The zero-order valence-corrected chi connectivity index (χ0v) is 17.9. The fraction of sp³-hybridized carbons (Fsp3) is 0.929. The summed E-state index contributed by atoms with van der Waals surface area (Å²) in [5, 5.41) is 6.41. The minimum atomic E-state index is -3.08. The van der Waals surface area contributed by atoms with Crippen LogP contribution in [-0.2, 0) is 14.8 Å². The zero-order valence-electron chi connectivity index (χ0n) is 14.8. The Bertz CT molecular complexity index is 405. The average Bonchev–Trinajstić information content (AvgIpc) is 2.52. The average molecular weight is 464 g/mol. The SMILES string of the molecule is CCOCCCCNC(=NC)NCCCN(C)S(=O)(=O)CC.I. The number of sulfonamides is 1. The van der Waals surface area contributed by atoms with Gasteiger partial charge < -0.3 is 15.4 Å². The van der Waals surface area contributed by atoms with E-state index in [0.29, 0.717) is 13.1 Å². The molecule has 0 aliphatic carbocycles. The van der Waals surface area contributed by atoms with E-state index in [4.69, 9.17) is 4.74 Å². The Morgan fingerprint density at radius 3 is 2.26 bits per heavy atom. The monoisotopic (exact) mass is 464 g/mol. The van der Waals surface area contributed by atoms with E-state index in [1.165, 1.54) is 4.31 Å². The molecule has 0 saturated carbocycles. The number of nitrogens with one attached hydrogen (secondary N) is 2. The van der Waals surface area contributed by atoms with Crippen molar-refractivity contribution in [3.63, 3.8) is 0 Å². The van der Waals surface area contributed by atoms with Gasteiger partial charge in [-0.3, -0.25) is 4.99 Å². The summed E-state index contributed by atoms with van der Waals surface area (Å²) in [6, 6.07) is 0. The first-order valence-corrected chi connectivity index (χ1v) is 9.55. The fourth-order valence-electron chi connectivity index (χ4n) is 1.77. The first-order valence-electron chi connectivity index (χ1n) is 7.94. The van der Waals surface area contributed by atoms with Gasteiger partial charge in [-0.2, -0.15) is 0 Å². The summed E-state index contributed by atoms with van der Waals surface area (Å²) in [5.74, 6) is 0.888. The number of rotatable bonds is 12. The Morgan fingerprint density at radius 2 is 1.74 bits per heavy atom. The van der Waals surface area contributed by atoms with Crippen LogP contribution in [0.25, 0.3) is 0 Å². The molecular formula is C14H33IN4O3S. The van der Waals surface area contributed by atoms with E-state index in [9.17, 15) is 8.42 Å². The topological polar surface area (TPSA) is 83.0 Å². The van der Waals surface area contributed by atoms with Crippen molar-refractivity contribution in [2.24, 2.45) is 4.99 Å². The zero-order chi connectivity index (χ0) is 16.8. The van der Waals surface area contributed by atoms with E-state index in [0.717, 1.165) is 45.0 Å². The lowest BCUT2D eigenvalue weighted by atomic mass is 10.3. The molecule has 0 aromatic rings. The normalized spacial score (nSPS) is 12.1. The molecule has 140 valence electrons. The molecule has 0 atom stereocenters. The van der Waals surface area contributed by atoms with Gasteiger partial charge in [0.25, 0.3) is 0 Å². The van der Waals surface area contributed by atoms with Crippen molar-refractivity contribution < 1.29 is 13.2 Å². The maximum atomic E-state index is 11.6. The highest BCUT2D eigenvalue weighted by Gasteiger charge is 2.13. The Labute approximate surface area is 158 Å². The van der Waals surface area contributed by atoms with Crippen molar-refractivity contribution in [2.45, 2.75) is 33.1 Å². The molecule has 0 amide bonds. The van der Waals surface area contributed by atoms with Crippen molar-refractivity contribution in [2.75, 3.05) is 52.7 Å². The van der Waals surface area contributed by atoms with Crippen LogP contribution >= 0.6 is 24.0 Å². The van der Waals surface area contributed by atoms with Crippen molar-refractivity contribution in [3.05, 3.63) is 0 Å². The van der Waals surface area contributed by atoms with Gasteiger partial charge in [-0.25, -0.2) is 12.7 Å².